The largest absolute Gasteiger partial charge is 0.462 e. The van der Waals surface area contributed by atoms with Crippen LogP contribution < -0.4 is 5.32 Å². The number of hydrogen-bond acceptors (Lipinski definition) is 6. The van der Waals surface area contributed by atoms with E-state index >= 15 is 0 Å². The van der Waals surface area contributed by atoms with Gasteiger partial charge < -0.3 is 14.5 Å². The van der Waals surface area contributed by atoms with Gasteiger partial charge in [-0.3, -0.25) is 10.0 Å². The molecule has 0 saturated carbocycles. The number of benzene rings is 2. The lowest BCUT2D eigenvalue weighted by atomic mass is 10.1. The third-order valence-corrected chi connectivity index (χ3v) is 4.48. The molecule has 1 amide bonds. The molecule has 0 spiro atoms. The molecule has 1 aliphatic rings. The Kier molecular flexibility index (Phi) is 4.58. The third-order valence-electron chi connectivity index (χ3n) is 4.48. The molecule has 3 aromatic rings. The number of esters is 1. The number of carbonyl (C=O) groups excluding carboxylic acids is 2. The lowest BCUT2D eigenvalue weighted by Crippen LogP contribution is -2.40. The Balaban J connectivity index is 1.58. The highest BCUT2D eigenvalue weighted by atomic mass is 16.5. The van der Waals surface area contributed by atoms with Crippen LogP contribution in [-0.4, -0.2) is 28.8 Å². The van der Waals surface area contributed by atoms with Crippen molar-refractivity contribution in [3.63, 3.8) is 0 Å². The maximum absolute atomic E-state index is 12.4. The first kappa shape index (κ1) is 17.8. The lowest BCUT2D eigenvalue weighted by molar-refractivity contribution is -0.0893. The second kappa shape index (κ2) is 7.21. The van der Waals surface area contributed by atoms with Gasteiger partial charge in [0.1, 0.15) is 11.5 Å². The summed E-state index contributed by atoms with van der Waals surface area (Å²) in [7, 11) is 0. The van der Waals surface area contributed by atoms with E-state index in [-0.39, 0.29) is 5.97 Å². The monoisotopic (exact) mass is 378 g/mol. The van der Waals surface area contributed by atoms with Gasteiger partial charge in [0.15, 0.2) is 6.17 Å². The predicted molar refractivity (Wildman–Crippen MR) is 101 cm³/mol. The summed E-state index contributed by atoms with van der Waals surface area (Å²) >= 11 is 0. The zero-order valence-electron chi connectivity index (χ0n) is 15.1. The Morgan fingerprint density at radius 1 is 1.14 bits per heavy atom. The van der Waals surface area contributed by atoms with E-state index < -0.39 is 12.1 Å². The number of hydroxylamine groups is 2. The standard InChI is InChI=1S/C21H18N2O5/c1-2-27-21(25)14-9-7-13(8-10-14)17-11-12-18(28-17)19-22-16-6-4-3-5-15(16)20(24)23(19)26/h3-12,19,22,26H,2H2,1H3/t19-/m0/s1. The molecule has 2 aromatic carbocycles. The van der Waals surface area contributed by atoms with E-state index in [1.165, 1.54) is 0 Å². The first-order chi connectivity index (χ1) is 13.6. The van der Waals surface area contributed by atoms with Crippen LogP contribution >= 0.6 is 0 Å². The molecule has 1 atom stereocenters. The van der Waals surface area contributed by atoms with Crippen molar-refractivity contribution in [1.82, 2.24) is 5.06 Å². The topological polar surface area (TPSA) is 92.0 Å². The van der Waals surface area contributed by atoms with Crippen molar-refractivity contribution in [3.8, 4) is 11.3 Å². The number of para-hydroxylation sites is 1. The number of carbonyl (C=O) groups is 2. The molecule has 0 bridgehead atoms. The summed E-state index contributed by atoms with van der Waals surface area (Å²) in [6.07, 6.45) is -0.838. The number of hydrogen-bond donors (Lipinski definition) is 2. The minimum atomic E-state index is -0.838. The minimum absolute atomic E-state index is 0.316. The Hall–Kier alpha value is -3.58. The van der Waals surface area contributed by atoms with E-state index in [0.29, 0.717) is 40.0 Å². The van der Waals surface area contributed by atoms with E-state index in [1.807, 2.05) is 6.07 Å². The molecule has 0 fully saturated rings. The van der Waals surface area contributed by atoms with E-state index in [1.54, 1.807) is 61.5 Å². The maximum atomic E-state index is 12.4. The highest BCUT2D eigenvalue weighted by Gasteiger charge is 2.34. The van der Waals surface area contributed by atoms with E-state index in [0.717, 1.165) is 5.56 Å². The van der Waals surface area contributed by atoms with Crippen molar-refractivity contribution in [2.24, 2.45) is 0 Å². The fraction of sp³-hybridized carbons (Fsp3) is 0.143. The van der Waals surface area contributed by atoms with E-state index in [2.05, 4.69) is 5.32 Å². The number of nitrogens with one attached hydrogen (secondary N) is 1. The summed E-state index contributed by atoms with van der Waals surface area (Å²) in [6, 6.07) is 17.2. The predicted octanol–water partition coefficient (Wildman–Crippen LogP) is 4.08. The molecule has 2 N–H and O–H groups in total. The molecule has 0 aliphatic carbocycles. The van der Waals surface area contributed by atoms with Gasteiger partial charge in [-0.15, -0.1) is 0 Å². The summed E-state index contributed by atoms with van der Waals surface area (Å²) in [5.41, 5.74) is 2.23. The zero-order valence-corrected chi connectivity index (χ0v) is 15.1. The average molecular weight is 378 g/mol. The first-order valence-electron chi connectivity index (χ1n) is 8.83. The van der Waals surface area contributed by atoms with E-state index in [4.69, 9.17) is 9.15 Å². The van der Waals surface area contributed by atoms with Crippen LogP contribution in [0.4, 0.5) is 5.69 Å². The number of rotatable bonds is 4. The van der Waals surface area contributed by atoms with Gasteiger partial charge in [-0.25, -0.2) is 4.79 Å². The van der Waals surface area contributed by atoms with Crippen molar-refractivity contribution in [2.75, 3.05) is 11.9 Å². The van der Waals surface area contributed by atoms with Gasteiger partial charge in [0.2, 0.25) is 0 Å². The Morgan fingerprint density at radius 3 is 2.64 bits per heavy atom. The number of fused-ring (bicyclic) bond motifs is 1. The van der Waals surface area contributed by atoms with Crippen LogP contribution in [0.5, 0.6) is 0 Å². The molecule has 1 aromatic heterocycles. The highest BCUT2D eigenvalue weighted by molar-refractivity contribution is 6.00. The summed E-state index contributed by atoms with van der Waals surface area (Å²) in [6.45, 7) is 2.07. The number of anilines is 1. The Morgan fingerprint density at radius 2 is 1.89 bits per heavy atom. The van der Waals surface area contributed by atoms with Crippen molar-refractivity contribution < 1.29 is 24.0 Å². The molecule has 0 radical (unpaired) electrons. The third kappa shape index (κ3) is 3.12. The van der Waals surface area contributed by atoms with Crippen molar-refractivity contribution in [1.29, 1.82) is 0 Å². The fourth-order valence-corrected chi connectivity index (χ4v) is 3.08. The molecular weight excluding hydrogens is 360 g/mol. The van der Waals surface area contributed by atoms with Crippen molar-refractivity contribution >= 4 is 17.6 Å². The molecule has 2 heterocycles. The van der Waals surface area contributed by atoms with Gasteiger partial charge in [-0.1, -0.05) is 24.3 Å². The first-order valence-corrected chi connectivity index (χ1v) is 8.83. The summed E-state index contributed by atoms with van der Waals surface area (Å²) in [4.78, 5) is 24.1. The Bertz CT molecular complexity index is 1030. The maximum Gasteiger partial charge on any atom is 0.338 e. The van der Waals surface area contributed by atoms with Crippen LogP contribution in [0.1, 0.15) is 39.6 Å². The van der Waals surface area contributed by atoms with Gasteiger partial charge in [-0.2, -0.15) is 5.06 Å². The molecule has 0 saturated heterocycles. The second-order valence-corrected chi connectivity index (χ2v) is 6.24. The molecule has 7 heteroatoms. The van der Waals surface area contributed by atoms with Crippen LogP contribution in [0.15, 0.2) is 65.1 Å². The van der Waals surface area contributed by atoms with Crippen LogP contribution in [0.25, 0.3) is 11.3 Å². The number of nitrogens with zero attached hydrogens (tertiary/aromatic N) is 1. The summed E-state index contributed by atoms with van der Waals surface area (Å²) in [5.74, 6) is 0.0477. The highest BCUT2D eigenvalue weighted by Crippen LogP contribution is 2.34. The van der Waals surface area contributed by atoms with E-state index in [9.17, 15) is 14.8 Å². The van der Waals surface area contributed by atoms with Gasteiger partial charge in [0, 0.05) is 11.3 Å². The average Bonchev–Trinajstić information content (AvgIpc) is 3.21. The van der Waals surface area contributed by atoms with Crippen LogP contribution in [0.3, 0.4) is 0 Å². The molecule has 142 valence electrons. The normalized spacial score (nSPS) is 15.7. The molecule has 0 unspecified atom stereocenters. The van der Waals surface area contributed by atoms with Gasteiger partial charge in [0.25, 0.3) is 5.91 Å². The smallest absolute Gasteiger partial charge is 0.338 e. The number of amides is 1. The Labute approximate surface area is 161 Å². The van der Waals surface area contributed by atoms with Gasteiger partial charge in [0.05, 0.1) is 17.7 Å². The van der Waals surface area contributed by atoms with Crippen molar-refractivity contribution in [2.45, 2.75) is 13.1 Å². The van der Waals surface area contributed by atoms with Crippen LogP contribution in [0.2, 0.25) is 0 Å². The van der Waals surface area contributed by atoms with Crippen LogP contribution in [0, 0.1) is 0 Å². The van der Waals surface area contributed by atoms with Crippen LogP contribution in [-0.2, 0) is 4.74 Å². The zero-order chi connectivity index (χ0) is 19.7. The number of furan rings is 1. The fourth-order valence-electron chi connectivity index (χ4n) is 3.08. The molecular formula is C21H18N2O5. The molecule has 28 heavy (non-hydrogen) atoms. The SMILES string of the molecule is CCOC(=O)c1ccc(-c2ccc([C@H]3Nc4ccccc4C(=O)N3O)o2)cc1. The van der Waals surface area contributed by atoms with Crippen molar-refractivity contribution in [3.05, 3.63) is 77.6 Å². The van der Waals surface area contributed by atoms with Gasteiger partial charge in [-0.05, 0) is 43.3 Å². The summed E-state index contributed by atoms with van der Waals surface area (Å²) in [5, 5.41) is 14.0. The molecule has 1 aliphatic heterocycles. The minimum Gasteiger partial charge on any atom is -0.462 e. The second-order valence-electron chi connectivity index (χ2n) is 6.24. The lowest BCUT2D eigenvalue weighted by Gasteiger charge is -2.31. The number of ether oxygens (including phenoxy) is 1. The molecule has 4 rings (SSSR count). The summed E-state index contributed by atoms with van der Waals surface area (Å²) < 4.78 is 10.8. The quantitative estimate of drug-likeness (QED) is 0.525. The van der Waals surface area contributed by atoms with Gasteiger partial charge >= 0.3 is 5.97 Å². The molecule has 7 nitrogen and oxygen atoms in total.